The third kappa shape index (κ3) is 3.80. The minimum Gasteiger partial charge on any atom is -0.377 e. The van der Waals surface area contributed by atoms with Gasteiger partial charge in [-0.25, -0.2) is 0 Å². The number of likely N-dealkylation sites (N-methyl/N-ethyl adjacent to an activating group) is 1. The average molecular weight is 298 g/mol. The first kappa shape index (κ1) is 13.1. The summed E-state index contributed by atoms with van der Waals surface area (Å²) < 4.78 is 6.93. The Morgan fingerprint density at radius 3 is 2.76 bits per heavy atom. The van der Waals surface area contributed by atoms with E-state index in [4.69, 9.17) is 4.74 Å². The molecule has 1 saturated heterocycles. The minimum absolute atomic E-state index is 0.388. The third-order valence-electron chi connectivity index (χ3n) is 3.25. The fraction of sp³-hybridized carbons (Fsp3) is 0.571. The summed E-state index contributed by atoms with van der Waals surface area (Å²) in [6.45, 7) is 4.08. The van der Waals surface area contributed by atoms with Crippen LogP contribution in [0.5, 0.6) is 0 Å². The monoisotopic (exact) mass is 297 g/mol. The number of rotatable bonds is 5. The molecular formula is C14H20BrNO. The van der Waals surface area contributed by atoms with Crippen LogP contribution in [0.15, 0.2) is 28.7 Å². The Bertz CT molecular complexity index is 333. The number of benzene rings is 1. The Morgan fingerprint density at radius 2 is 2.18 bits per heavy atom. The molecule has 0 aromatic heterocycles. The van der Waals surface area contributed by atoms with Gasteiger partial charge in [-0.15, -0.1) is 0 Å². The molecular weight excluding hydrogens is 278 g/mol. The summed E-state index contributed by atoms with van der Waals surface area (Å²) in [6, 6.07) is 9.03. The molecule has 0 aliphatic carbocycles. The Kier molecular flexibility index (Phi) is 5.01. The molecule has 0 spiro atoms. The highest BCUT2D eigenvalue weighted by molar-refractivity contribution is 9.10. The zero-order chi connectivity index (χ0) is 12.1. The fourth-order valence-corrected chi connectivity index (χ4v) is 2.66. The summed E-state index contributed by atoms with van der Waals surface area (Å²) in [5.74, 6) is 0. The van der Waals surface area contributed by atoms with E-state index < -0.39 is 0 Å². The molecule has 2 unspecified atom stereocenters. The van der Waals surface area contributed by atoms with Gasteiger partial charge in [0.15, 0.2) is 0 Å². The van der Waals surface area contributed by atoms with Gasteiger partial charge in [0.25, 0.3) is 0 Å². The first-order valence-corrected chi connectivity index (χ1v) is 7.18. The molecule has 3 heteroatoms. The van der Waals surface area contributed by atoms with Crippen LogP contribution in [0, 0.1) is 0 Å². The van der Waals surface area contributed by atoms with Crippen LogP contribution in [0.4, 0.5) is 0 Å². The highest BCUT2D eigenvalue weighted by Crippen LogP contribution is 2.19. The lowest BCUT2D eigenvalue weighted by Crippen LogP contribution is -2.41. The van der Waals surface area contributed by atoms with Crippen molar-refractivity contribution in [3.8, 4) is 0 Å². The summed E-state index contributed by atoms with van der Waals surface area (Å²) in [5, 5.41) is 3.55. The highest BCUT2D eigenvalue weighted by atomic mass is 79.9. The molecule has 2 nitrogen and oxygen atoms in total. The lowest BCUT2D eigenvalue weighted by Gasteiger charge is -2.24. The average Bonchev–Trinajstić information content (AvgIpc) is 2.85. The number of ether oxygens (including phenoxy) is 1. The van der Waals surface area contributed by atoms with Crippen LogP contribution in [0.2, 0.25) is 0 Å². The molecule has 2 atom stereocenters. The molecule has 1 N–H and O–H groups in total. The molecule has 17 heavy (non-hydrogen) atoms. The number of halogens is 1. The Morgan fingerprint density at radius 1 is 1.41 bits per heavy atom. The van der Waals surface area contributed by atoms with Gasteiger partial charge in [0.1, 0.15) is 0 Å². The van der Waals surface area contributed by atoms with Crippen molar-refractivity contribution in [2.24, 2.45) is 0 Å². The van der Waals surface area contributed by atoms with Crippen molar-refractivity contribution in [2.75, 3.05) is 13.2 Å². The van der Waals surface area contributed by atoms with Gasteiger partial charge in [0.2, 0.25) is 0 Å². The molecule has 1 aliphatic heterocycles. The molecule has 1 aliphatic rings. The standard InChI is InChI=1S/C14H20BrNO/c1-2-16-13(14-4-3-9-17-14)10-11-5-7-12(15)8-6-11/h5-8,13-14,16H,2-4,9-10H2,1H3. The zero-order valence-corrected chi connectivity index (χ0v) is 11.9. The van der Waals surface area contributed by atoms with Crippen molar-refractivity contribution in [2.45, 2.75) is 38.3 Å². The van der Waals surface area contributed by atoms with Crippen molar-refractivity contribution < 1.29 is 4.74 Å². The molecule has 1 fully saturated rings. The smallest absolute Gasteiger partial charge is 0.0732 e. The van der Waals surface area contributed by atoms with Crippen molar-refractivity contribution in [1.82, 2.24) is 5.32 Å². The van der Waals surface area contributed by atoms with Gasteiger partial charge >= 0.3 is 0 Å². The second-order valence-electron chi connectivity index (χ2n) is 4.55. The highest BCUT2D eigenvalue weighted by Gasteiger charge is 2.25. The largest absolute Gasteiger partial charge is 0.377 e. The molecule has 94 valence electrons. The second-order valence-corrected chi connectivity index (χ2v) is 5.46. The zero-order valence-electron chi connectivity index (χ0n) is 10.3. The summed E-state index contributed by atoms with van der Waals surface area (Å²) >= 11 is 3.47. The van der Waals surface area contributed by atoms with Gasteiger partial charge in [-0.05, 0) is 43.5 Å². The van der Waals surface area contributed by atoms with E-state index in [0.29, 0.717) is 12.1 Å². The van der Waals surface area contributed by atoms with E-state index in [1.54, 1.807) is 0 Å². The summed E-state index contributed by atoms with van der Waals surface area (Å²) in [4.78, 5) is 0. The van der Waals surface area contributed by atoms with Crippen LogP contribution in [0.3, 0.4) is 0 Å². The molecule has 0 amide bonds. The van der Waals surface area contributed by atoms with Crippen LogP contribution in [0.25, 0.3) is 0 Å². The predicted octanol–water partition coefficient (Wildman–Crippen LogP) is 3.15. The number of hydrogen-bond donors (Lipinski definition) is 1. The van der Waals surface area contributed by atoms with Crippen molar-refractivity contribution in [3.05, 3.63) is 34.3 Å². The topological polar surface area (TPSA) is 21.3 Å². The van der Waals surface area contributed by atoms with E-state index in [0.717, 1.165) is 24.0 Å². The molecule has 2 rings (SSSR count). The van der Waals surface area contributed by atoms with Crippen molar-refractivity contribution in [3.63, 3.8) is 0 Å². The van der Waals surface area contributed by atoms with E-state index in [9.17, 15) is 0 Å². The Balaban J connectivity index is 1.98. The first-order valence-electron chi connectivity index (χ1n) is 6.39. The Labute approximate surface area is 112 Å². The van der Waals surface area contributed by atoms with Crippen molar-refractivity contribution in [1.29, 1.82) is 0 Å². The molecule has 1 aromatic rings. The van der Waals surface area contributed by atoms with Gasteiger partial charge in [0, 0.05) is 17.1 Å². The number of hydrogen-bond acceptors (Lipinski definition) is 2. The predicted molar refractivity (Wildman–Crippen MR) is 74.3 cm³/mol. The minimum atomic E-state index is 0.388. The Hall–Kier alpha value is -0.380. The second kappa shape index (κ2) is 6.53. The van der Waals surface area contributed by atoms with E-state index in [-0.39, 0.29) is 0 Å². The van der Waals surface area contributed by atoms with Gasteiger partial charge in [-0.3, -0.25) is 0 Å². The summed E-state index contributed by atoms with van der Waals surface area (Å²) in [5.41, 5.74) is 1.37. The summed E-state index contributed by atoms with van der Waals surface area (Å²) in [6.07, 6.45) is 3.82. The molecule has 1 heterocycles. The third-order valence-corrected chi connectivity index (χ3v) is 3.78. The maximum absolute atomic E-state index is 5.79. The summed E-state index contributed by atoms with van der Waals surface area (Å²) in [7, 11) is 0. The van der Waals surface area contributed by atoms with Crippen molar-refractivity contribution >= 4 is 15.9 Å². The van der Waals surface area contributed by atoms with Crippen LogP contribution >= 0.6 is 15.9 Å². The van der Waals surface area contributed by atoms with Crippen LogP contribution in [-0.4, -0.2) is 25.3 Å². The molecule has 0 saturated carbocycles. The van der Waals surface area contributed by atoms with Gasteiger partial charge in [-0.2, -0.15) is 0 Å². The maximum Gasteiger partial charge on any atom is 0.0732 e. The molecule has 0 radical (unpaired) electrons. The van der Waals surface area contributed by atoms with Crippen LogP contribution in [-0.2, 0) is 11.2 Å². The normalized spacial score (nSPS) is 21.6. The SMILES string of the molecule is CCNC(Cc1ccc(Br)cc1)C1CCCO1. The van der Waals surface area contributed by atoms with E-state index in [1.807, 2.05) is 0 Å². The lowest BCUT2D eigenvalue weighted by molar-refractivity contribution is 0.0789. The van der Waals surface area contributed by atoms with Gasteiger partial charge in [-0.1, -0.05) is 35.0 Å². The van der Waals surface area contributed by atoms with Gasteiger partial charge in [0.05, 0.1) is 6.10 Å². The lowest BCUT2D eigenvalue weighted by atomic mass is 9.99. The van der Waals surface area contributed by atoms with E-state index >= 15 is 0 Å². The van der Waals surface area contributed by atoms with Gasteiger partial charge < -0.3 is 10.1 Å². The van der Waals surface area contributed by atoms with E-state index in [2.05, 4.69) is 52.4 Å². The van der Waals surface area contributed by atoms with E-state index in [1.165, 1.54) is 18.4 Å². The molecule has 0 bridgehead atoms. The quantitative estimate of drug-likeness (QED) is 0.901. The fourth-order valence-electron chi connectivity index (χ4n) is 2.39. The molecule has 1 aromatic carbocycles. The number of nitrogens with one attached hydrogen (secondary N) is 1. The first-order chi connectivity index (χ1) is 8.29. The maximum atomic E-state index is 5.79. The van der Waals surface area contributed by atoms with Crippen LogP contribution in [0.1, 0.15) is 25.3 Å². The van der Waals surface area contributed by atoms with Crippen LogP contribution < -0.4 is 5.32 Å².